The van der Waals surface area contributed by atoms with Crippen molar-refractivity contribution in [2.45, 2.75) is 12.8 Å². The fourth-order valence-corrected chi connectivity index (χ4v) is 2.74. The Morgan fingerprint density at radius 1 is 1.07 bits per heavy atom. The van der Waals surface area contributed by atoms with Crippen molar-refractivity contribution in [3.05, 3.63) is 58.6 Å². The van der Waals surface area contributed by atoms with E-state index >= 15 is 0 Å². The summed E-state index contributed by atoms with van der Waals surface area (Å²) < 4.78 is 10.5. The fourth-order valence-electron chi connectivity index (χ4n) is 2.39. The Morgan fingerprint density at radius 2 is 1.81 bits per heavy atom. The van der Waals surface area contributed by atoms with E-state index < -0.39 is 0 Å². The lowest BCUT2D eigenvalue weighted by atomic mass is 10.1. The predicted octanol–water partition coefficient (Wildman–Crippen LogP) is 2.64. The molecule has 0 saturated heterocycles. The first-order valence-corrected chi connectivity index (χ1v) is 9.09. The first-order chi connectivity index (χ1) is 13.0. The van der Waals surface area contributed by atoms with E-state index in [4.69, 9.17) is 33.3 Å². The maximum atomic E-state index is 11.9. The Hall–Kier alpha value is -2.51. The molecule has 0 aromatic heterocycles. The summed E-state index contributed by atoms with van der Waals surface area (Å²) in [6, 6.07) is 13.0. The Balaban J connectivity index is 1.72. The normalized spacial score (nSPS) is 10.0. The molecular formula is C19H22ClN3O3S. The monoisotopic (exact) mass is 407 g/mol. The van der Waals surface area contributed by atoms with Crippen LogP contribution in [0.5, 0.6) is 11.5 Å². The van der Waals surface area contributed by atoms with Crippen LogP contribution in [0.4, 0.5) is 0 Å². The minimum absolute atomic E-state index is 0.168. The van der Waals surface area contributed by atoms with Gasteiger partial charge in [0.05, 0.1) is 20.6 Å². The molecule has 27 heavy (non-hydrogen) atoms. The molecule has 0 heterocycles. The van der Waals surface area contributed by atoms with Crippen LogP contribution in [0.1, 0.15) is 11.1 Å². The summed E-state index contributed by atoms with van der Waals surface area (Å²) in [6.07, 6.45) is 0.899. The standard InChI is InChI=1S/C19H22ClN3O3S/c1-25-16-8-7-13(11-17(16)26-2)9-10-21-19(27)23-22-18(24)12-14-5-3-4-6-15(14)20/h3-8,11H,9-10,12H2,1-2H3,(H,22,24)(H2,21,23,27). The fraction of sp³-hybridized carbons (Fsp3) is 0.263. The molecule has 1 amide bonds. The molecule has 8 heteroatoms. The second-order valence-corrected chi connectivity index (χ2v) is 6.45. The Labute approximate surface area is 169 Å². The molecule has 0 atom stereocenters. The number of thiocarbonyl (C=S) groups is 1. The number of halogens is 1. The highest BCUT2D eigenvalue weighted by molar-refractivity contribution is 7.80. The van der Waals surface area contributed by atoms with Crippen molar-refractivity contribution in [1.29, 1.82) is 0 Å². The number of hydrogen-bond donors (Lipinski definition) is 3. The highest BCUT2D eigenvalue weighted by Crippen LogP contribution is 2.27. The first kappa shape index (κ1) is 20.8. The Morgan fingerprint density at radius 3 is 2.52 bits per heavy atom. The van der Waals surface area contributed by atoms with Crippen molar-refractivity contribution < 1.29 is 14.3 Å². The smallest absolute Gasteiger partial charge is 0.242 e. The molecule has 0 aliphatic rings. The van der Waals surface area contributed by atoms with E-state index in [-0.39, 0.29) is 12.3 Å². The van der Waals surface area contributed by atoms with Crippen molar-refractivity contribution in [3.8, 4) is 11.5 Å². The van der Waals surface area contributed by atoms with Crippen molar-refractivity contribution >= 4 is 34.8 Å². The molecule has 2 rings (SSSR count). The summed E-state index contributed by atoms with van der Waals surface area (Å²) in [5.74, 6) is 1.14. The molecule has 0 unspecified atom stereocenters. The van der Waals surface area contributed by atoms with Crippen molar-refractivity contribution in [1.82, 2.24) is 16.2 Å². The quantitative estimate of drug-likeness (QED) is 0.484. The third-order valence-electron chi connectivity index (χ3n) is 3.77. The Bertz CT molecular complexity index is 802. The number of hydrogen-bond acceptors (Lipinski definition) is 4. The molecule has 0 saturated carbocycles. The molecule has 2 aromatic carbocycles. The van der Waals surface area contributed by atoms with E-state index in [0.717, 1.165) is 17.5 Å². The number of methoxy groups -OCH3 is 2. The predicted molar refractivity (Wildman–Crippen MR) is 110 cm³/mol. The summed E-state index contributed by atoms with van der Waals surface area (Å²) in [6.45, 7) is 0.599. The van der Waals surface area contributed by atoms with Gasteiger partial charge in [-0.1, -0.05) is 35.9 Å². The minimum Gasteiger partial charge on any atom is -0.493 e. The van der Waals surface area contributed by atoms with Crippen LogP contribution >= 0.6 is 23.8 Å². The third kappa shape index (κ3) is 6.62. The summed E-state index contributed by atoms with van der Waals surface area (Å²) >= 11 is 11.2. The molecule has 0 radical (unpaired) electrons. The van der Waals surface area contributed by atoms with Crippen LogP contribution in [0.15, 0.2) is 42.5 Å². The Kier molecular flexibility index (Phi) is 8.16. The third-order valence-corrected chi connectivity index (χ3v) is 4.39. The van der Waals surface area contributed by atoms with Gasteiger partial charge >= 0.3 is 0 Å². The number of carbonyl (C=O) groups excluding carboxylic acids is 1. The molecule has 0 fully saturated rings. The van der Waals surface area contributed by atoms with E-state index in [1.54, 1.807) is 20.3 Å². The largest absolute Gasteiger partial charge is 0.493 e. The highest BCUT2D eigenvalue weighted by atomic mass is 35.5. The molecule has 3 N–H and O–H groups in total. The van der Waals surface area contributed by atoms with Crippen LogP contribution in [0.25, 0.3) is 0 Å². The van der Waals surface area contributed by atoms with Crippen LogP contribution in [0.3, 0.4) is 0 Å². The molecule has 0 aliphatic heterocycles. The van der Waals surface area contributed by atoms with Crippen LogP contribution in [0.2, 0.25) is 5.02 Å². The van der Waals surface area contributed by atoms with Gasteiger partial charge in [-0.2, -0.15) is 0 Å². The molecule has 2 aromatic rings. The number of carbonyl (C=O) groups is 1. The summed E-state index contributed by atoms with van der Waals surface area (Å²) in [4.78, 5) is 11.9. The topological polar surface area (TPSA) is 71.6 Å². The van der Waals surface area contributed by atoms with Crippen LogP contribution in [-0.2, 0) is 17.6 Å². The van der Waals surface area contributed by atoms with Gasteiger partial charge in [0, 0.05) is 11.6 Å². The second-order valence-electron chi connectivity index (χ2n) is 5.64. The molecule has 0 bridgehead atoms. The van der Waals surface area contributed by atoms with E-state index in [1.807, 2.05) is 36.4 Å². The number of ether oxygens (including phenoxy) is 2. The van der Waals surface area contributed by atoms with E-state index in [1.165, 1.54) is 0 Å². The van der Waals surface area contributed by atoms with E-state index in [2.05, 4.69) is 16.2 Å². The molecule has 0 aliphatic carbocycles. The first-order valence-electron chi connectivity index (χ1n) is 8.30. The van der Waals surface area contributed by atoms with Crippen molar-refractivity contribution in [2.24, 2.45) is 0 Å². The zero-order valence-electron chi connectivity index (χ0n) is 15.2. The number of amides is 1. The summed E-state index contributed by atoms with van der Waals surface area (Å²) in [7, 11) is 3.20. The van der Waals surface area contributed by atoms with Gasteiger partial charge in [0.1, 0.15) is 0 Å². The van der Waals surface area contributed by atoms with E-state index in [9.17, 15) is 4.79 Å². The zero-order valence-corrected chi connectivity index (χ0v) is 16.7. The lowest BCUT2D eigenvalue weighted by Gasteiger charge is -2.13. The van der Waals surface area contributed by atoms with Gasteiger partial charge in [-0.3, -0.25) is 15.6 Å². The number of rotatable bonds is 7. The van der Waals surface area contributed by atoms with Gasteiger partial charge in [-0.15, -0.1) is 0 Å². The van der Waals surface area contributed by atoms with Gasteiger partial charge in [0.15, 0.2) is 16.6 Å². The summed E-state index contributed by atoms with van der Waals surface area (Å²) in [5.41, 5.74) is 7.06. The molecular weight excluding hydrogens is 386 g/mol. The molecule has 144 valence electrons. The number of nitrogens with one attached hydrogen (secondary N) is 3. The highest BCUT2D eigenvalue weighted by Gasteiger charge is 2.07. The van der Waals surface area contributed by atoms with Gasteiger partial charge in [0.2, 0.25) is 5.91 Å². The van der Waals surface area contributed by atoms with Gasteiger partial charge in [0.25, 0.3) is 0 Å². The average molecular weight is 408 g/mol. The maximum absolute atomic E-state index is 11.9. The molecule has 0 spiro atoms. The second kappa shape index (κ2) is 10.6. The van der Waals surface area contributed by atoms with Crippen molar-refractivity contribution in [2.75, 3.05) is 20.8 Å². The van der Waals surface area contributed by atoms with Crippen molar-refractivity contribution in [3.63, 3.8) is 0 Å². The lowest BCUT2D eigenvalue weighted by molar-refractivity contribution is -0.121. The van der Waals surface area contributed by atoms with Crippen LogP contribution in [-0.4, -0.2) is 31.8 Å². The maximum Gasteiger partial charge on any atom is 0.242 e. The minimum atomic E-state index is -0.229. The van der Waals surface area contributed by atoms with Gasteiger partial charge in [-0.05, 0) is 48.0 Å². The van der Waals surface area contributed by atoms with Crippen LogP contribution < -0.4 is 25.6 Å². The lowest BCUT2D eigenvalue weighted by Crippen LogP contribution is -2.47. The summed E-state index contributed by atoms with van der Waals surface area (Å²) in [5, 5.41) is 3.93. The SMILES string of the molecule is COc1ccc(CCNC(=S)NNC(=O)Cc2ccccc2Cl)cc1OC. The van der Waals surface area contributed by atoms with Gasteiger partial charge in [-0.25, -0.2) is 0 Å². The zero-order chi connectivity index (χ0) is 19.6. The number of hydrazine groups is 1. The van der Waals surface area contributed by atoms with Gasteiger partial charge < -0.3 is 14.8 Å². The van der Waals surface area contributed by atoms with E-state index in [0.29, 0.717) is 28.2 Å². The number of benzene rings is 2. The molecule has 6 nitrogen and oxygen atoms in total. The van der Waals surface area contributed by atoms with Crippen LogP contribution in [0, 0.1) is 0 Å². The average Bonchev–Trinajstić information content (AvgIpc) is 2.68.